The van der Waals surface area contributed by atoms with Gasteiger partial charge in [-0.15, -0.1) is 0 Å². The lowest BCUT2D eigenvalue weighted by Gasteiger charge is -2.14. The third-order valence-electron chi connectivity index (χ3n) is 2.71. The van der Waals surface area contributed by atoms with Crippen LogP contribution in [0.2, 0.25) is 5.15 Å². The predicted molar refractivity (Wildman–Crippen MR) is 68.5 cm³/mol. The predicted octanol–water partition coefficient (Wildman–Crippen LogP) is 2.21. The van der Waals surface area contributed by atoms with Gasteiger partial charge in [-0.3, -0.25) is 4.79 Å². The Kier molecular flexibility index (Phi) is 3.52. The summed E-state index contributed by atoms with van der Waals surface area (Å²) in [5.74, 6) is 0.0483. The number of urea groups is 1. The zero-order chi connectivity index (χ0) is 13.3. The minimum atomic E-state index is -0.478. The normalized spacial score (nSPS) is 19.6. The van der Waals surface area contributed by atoms with Crippen LogP contribution in [0.15, 0.2) is 18.3 Å². The molecule has 1 saturated heterocycles. The molecule has 0 aromatic carbocycles. The van der Waals surface area contributed by atoms with E-state index in [-0.39, 0.29) is 11.1 Å². The molecular formula is C12H14ClN3O2. The first-order valence-corrected chi connectivity index (χ1v) is 6.13. The number of pyridine rings is 1. The maximum Gasteiger partial charge on any atom is 0.329 e. The van der Waals surface area contributed by atoms with Crippen LogP contribution in [0.1, 0.15) is 20.3 Å². The monoisotopic (exact) mass is 267 g/mol. The Balaban J connectivity index is 2.27. The molecule has 3 amide bonds. The molecule has 0 aliphatic carbocycles. The van der Waals surface area contributed by atoms with Gasteiger partial charge >= 0.3 is 6.03 Å². The van der Waals surface area contributed by atoms with Gasteiger partial charge in [-0.05, 0) is 24.5 Å². The molecule has 0 spiro atoms. The van der Waals surface area contributed by atoms with Crippen LogP contribution in [0.5, 0.6) is 0 Å². The van der Waals surface area contributed by atoms with Crippen molar-refractivity contribution in [2.45, 2.75) is 26.3 Å². The molecule has 96 valence electrons. The molecule has 1 atom stereocenters. The molecular weight excluding hydrogens is 254 g/mol. The number of aromatic nitrogens is 1. The lowest BCUT2D eigenvalue weighted by molar-refractivity contribution is -0.118. The number of imide groups is 1. The topological polar surface area (TPSA) is 62.3 Å². The molecule has 1 aromatic rings. The zero-order valence-electron chi connectivity index (χ0n) is 10.2. The number of nitrogens with one attached hydrogen (secondary N) is 1. The Hall–Kier alpha value is -1.62. The number of carbonyl (C=O) groups excluding carboxylic acids is 2. The molecule has 0 unspecified atom stereocenters. The van der Waals surface area contributed by atoms with Gasteiger partial charge in [0, 0.05) is 6.20 Å². The smallest absolute Gasteiger partial charge is 0.325 e. The molecule has 5 nitrogen and oxygen atoms in total. The quantitative estimate of drug-likeness (QED) is 0.675. The summed E-state index contributed by atoms with van der Waals surface area (Å²) < 4.78 is 0. The Morgan fingerprint density at radius 1 is 1.50 bits per heavy atom. The fourth-order valence-corrected chi connectivity index (χ4v) is 2.14. The standard InChI is InChI=1S/C12H14ClN3O2/c1-7(2)6-8-11(17)16(12(18)15-8)9-4-3-5-14-10(9)13/h3-5,7-8H,6H2,1-2H3,(H,15,18)/t8-/m0/s1. The van der Waals surface area contributed by atoms with Gasteiger partial charge in [0.1, 0.15) is 6.04 Å². The SMILES string of the molecule is CC(C)C[C@@H]1NC(=O)N(c2cccnc2Cl)C1=O. The third-order valence-corrected chi connectivity index (χ3v) is 3.00. The van der Waals surface area contributed by atoms with Crippen molar-refractivity contribution >= 4 is 29.2 Å². The molecule has 0 radical (unpaired) electrons. The number of carbonyl (C=O) groups is 2. The summed E-state index contributed by atoms with van der Waals surface area (Å²) >= 11 is 5.90. The number of hydrogen-bond acceptors (Lipinski definition) is 3. The molecule has 1 N–H and O–H groups in total. The highest BCUT2D eigenvalue weighted by Gasteiger charge is 2.40. The average molecular weight is 268 g/mol. The fraction of sp³-hybridized carbons (Fsp3) is 0.417. The average Bonchev–Trinajstić information content (AvgIpc) is 2.55. The summed E-state index contributed by atoms with van der Waals surface area (Å²) in [6.07, 6.45) is 2.12. The van der Waals surface area contributed by atoms with Gasteiger partial charge in [-0.25, -0.2) is 14.7 Å². The minimum absolute atomic E-state index is 0.145. The van der Waals surface area contributed by atoms with Gasteiger partial charge in [-0.2, -0.15) is 0 Å². The van der Waals surface area contributed by atoms with Crippen molar-refractivity contribution in [3.8, 4) is 0 Å². The van der Waals surface area contributed by atoms with Gasteiger partial charge in [0.05, 0.1) is 5.69 Å². The van der Waals surface area contributed by atoms with Crippen molar-refractivity contribution in [3.05, 3.63) is 23.5 Å². The minimum Gasteiger partial charge on any atom is -0.325 e. The van der Waals surface area contributed by atoms with Crippen LogP contribution in [0.4, 0.5) is 10.5 Å². The molecule has 0 bridgehead atoms. The van der Waals surface area contributed by atoms with E-state index >= 15 is 0 Å². The van der Waals surface area contributed by atoms with E-state index in [0.29, 0.717) is 18.0 Å². The molecule has 1 fully saturated rings. The van der Waals surface area contributed by atoms with Crippen molar-refractivity contribution < 1.29 is 9.59 Å². The van der Waals surface area contributed by atoms with Crippen molar-refractivity contribution in [2.24, 2.45) is 5.92 Å². The number of nitrogens with zero attached hydrogens (tertiary/aromatic N) is 2. The van der Waals surface area contributed by atoms with Crippen LogP contribution in [0.25, 0.3) is 0 Å². The Labute approximate surface area is 110 Å². The van der Waals surface area contributed by atoms with E-state index in [4.69, 9.17) is 11.6 Å². The Morgan fingerprint density at radius 3 is 2.83 bits per heavy atom. The summed E-state index contributed by atoms with van der Waals surface area (Å²) in [5.41, 5.74) is 0.327. The van der Waals surface area contributed by atoms with Gasteiger partial charge in [-0.1, -0.05) is 25.4 Å². The van der Waals surface area contributed by atoms with Gasteiger partial charge in [0.2, 0.25) is 0 Å². The maximum absolute atomic E-state index is 12.2. The van der Waals surface area contributed by atoms with E-state index in [2.05, 4.69) is 10.3 Å². The van der Waals surface area contributed by atoms with Crippen molar-refractivity contribution in [3.63, 3.8) is 0 Å². The maximum atomic E-state index is 12.2. The van der Waals surface area contributed by atoms with E-state index in [1.165, 1.54) is 6.20 Å². The van der Waals surface area contributed by atoms with E-state index in [0.717, 1.165) is 4.90 Å². The second-order valence-corrected chi connectivity index (χ2v) is 4.98. The third kappa shape index (κ3) is 2.31. The number of anilines is 1. The van der Waals surface area contributed by atoms with Gasteiger partial charge < -0.3 is 5.32 Å². The molecule has 6 heteroatoms. The van der Waals surface area contributed by atoms with E-state index < -0.39 is 12.1 Å². The lowest BCUT2D eigenvalue weighted by Crippen LogP contribution is -2.32. The summed E-state index contributed by atoms with van der Waals surface area (Å²) in [7, 11) is 0. The molecule has 1 aliphatic heterocycles. The van der Waals surface area contributed by atoms with Crippen LogP contribution >= 0.6 is 11.6 Å². The highest BCUT2D eigenvalue weighted by atomic mass is 35.5. The highest BCUT2D eigenvalue weighted by molar-refractivity contribution is 6.34. The number of amides is 3. The number of hydrogen-bond donors (Lipinski definition) is 1. The molecule has 1 aromatic heterocycles. The van der Waals surface area contributed by atoms with Crippen LogP contribution in [0.3, 0.4) is 0 Å². The first-order chi connectivity index (χ1) is 8.50. The molecule has 0 saturated carbocycles. The summed E-state index contributed by atoms with van der Waals surface area (Å²) in [4.78, 5) is 28.9. The molecule has 18 heavy (non-hydrogen) atoms. The van der Waals surface area contributed by atoms with Crippen LogP contribution in [0, 0.1) is 5.92 Å². The number of halogens is 1. The summed E-state index contributed by atoms with van der Waals surface area (Å²) in [6, 6.07) is 2.32. The van der Waals surface area contributed by atoms with Crippen molar-refractivity contribution in [1.82, 2.24) is 10.3 Å². The molecule has 2 rings (SSSR count). The van der Waals surface area contributed by atoms with E-state index in [1.807, 2.05) is 13.8 Å². The zero-order valence-corrected chi connectivity index (χ0v) is 10.9. The Morgan fingerprint density at radius 2 is 2.22 bits per heavy atom. The highest BCUT2D eigenvalue weighted by Crippen LogP contribution is 2.27. The second-order valence-electron chi connectivity index (χ2n) is 4.62. The van der Waals surface area contributed by atoms with Gasteiger partial charge in [0.15, 0.2) is 5.15 Å². The van der Waals surface area contributed by atoms with E-state index in [9.17, 15) is 9.59 Å². The fourth-order valence-electron chi connectivity index (χ4n) is 1.93. The van der Waals surface area contributed by atoms with Crippen molar-refractivity contribution in [1.29, 1.82) is 0 Å². The molecule has 1 aliphatic rings. The Bertz CT molecular complexity index is 490. The summed E-state index contributed by atoms with van der Waals surface area (Å²) in [5, 5.41) is 2.81. The largest absolute Gasteiger partial charge is 0.329 e. The van der Waals surface area contributed by atoms with Crippen molar-refractivity contribution in [2.75, 3.05) is 4.90 Å². The van der Waals surface area contributed by atoms with Crippen LogP contribution < -0.4 is 10.2 Å². The number of rotatable bonds is 3. The lowest BCUT2D eigenvalue weighted by atomic mass is 10.0. The first kappa shape index (κ1) is 12.8. The van der Waals surface area contributed by atoms with Crippen LogP contribution in [-0.4, -0.2) is 23.0 Å². The van der Waals surface area contributed by atoms with Crippen LogP contribution in [-0.2, 0) is 4.79 Å². The first-order valence-electron chi connectivity index (χ1n) is 5.75. The van der Waals surface area contributed by atoms with Gasteiger partial charge in [0.25, 0.3) is 5.91 Å². The molecule has 2 heterocycles. The van der Waals surface area contributed by atoms with E-state index in [1.54, 1.807) is 12.1 Å². The second kappa shape index (κ2) is 4.94. The summed E-state index contributed by atoms with van der Waals surface area (Å²) in [6.45, 7) is 4.00.